The Morgan fingerprint density at radius 2 is 2.17 bits per heavy atom. The van der Waals surface area contributed by atoms with Crippen molar-refractivity contribution in [1.29, 1.82) is 0 Å². The van der Waals surface area contributed by atoms with Crippen LogP contribution in [0.25, 0.3) is 0 Å². The van der Waals surface area contributed by atoms with Crippen LogP contribution in [-0.4, -0.2) is 16.5 Å². The fourth-order valence-corrected chi connectivity index (χ4v) is 1.92. The highest BCUT2D eigenvalue weighted by Gasteiger charge is 2.01. The lowest BCUT2D eigenvalue weighted by atomic mass is 10.2. The zero-order chi connectivity index (χ0) is 13.0. The number of aromatic nitrogens is 2. The Labute approximate surface area is 115 Å². The van der Waals surface area contributed by atoms with Gasteiger partial charge in [0.1, 0.15) is 11.6 Å². The summed E-state index contributed by atoms with van der Waals surface area (Å²) >= 11 is 3.51. The molecule has 2 aromatic rings. The Balaban J connectivity index is 2.17. The van der Waals surface area contributed by atoms with Crippen LogP contribution in [0.2, 0.25) is 0 Å². The second-order valence-corrected chi connectivity index (χ2v) is 4.84. The van der Waals surface area contributed by atoms with Crippen molar-refractivity contribution in [1.82, 2.24) is 9.97 Å². The van der Waals surface area contributed by atoms with Gasteiger partial charge in [0.2, 0.25) is 0 Å². The van der Waals surface area contributed by atoms with Gasteiger partial charge in [-0.05, 0) is 37.2 Å². The quantitative estimate of drug-likeness (QED) is 0.911. The van der Waals surface area contributed by atoms with Crippen LogP contribution >= 0.6 is 15.9 Å². The maximum atomic E-state index is 5.49. The first-order valence-corrected chi connectivity index (χ1v) is 6.53. The van der Waals surface area contributed by atoms with Crippen LogP contribution < -0.4 is 11.1 Å². The molecule has 0 fully saturated rings. The van der Waals surface area contributed by atoms with Crippen LogP contribution in [0.1, 0.15) is 11.4 Å². The molecular formula is C13H15BrN4. The summed E-state index contributed by atoms with van der Waals surface area (Å²) in [4.78, 5) is 8.55. The van der Waals surface area contributed by atoms with Gasteiger partial charge in [0.25, 0.3) is 0 Å². The van der Waals surface area contributed by atoms with Gasteiger partial charge >= 0.3 is 0 Å². The molecule has 0 aliphatic heterocycles. The van der Waals surface area contributed by atoms with E-state index in [0.717, 1.165) is 21.8 Å². The van der Waals surface area contributed by atoms with Gasteiger partial charge in [-0.2, -0.15) is 0 Å². The zero-order valence-electron chi connectivity index (χ0n) is 10.2. The second-order valence-electron chi connectivity index (χ2n) is 3.99. The molecule has 3 N–H and O–H groups in total. The van der Waals surface area contributed by atoms with Gasteiger partial charge in [0.05, 0.1) is 0 Å². The molecular weight excluding hydrogens is 292 g/mol. The molecule has 94 valence electrons. The second kappa shape index (κ2) is 5.93. The van der Waals surface area contributed by atoms with E-state index in [0.29, 0.717) is 13.0 Å². The van der Waals surface area contributed by atoms with Crippen molar-refractivity contribution in [3.8, 4) is 0 Å². The number of nitrogens with one attached hydrogen (secondary N) is 1. The summed E-state index contributed by atoms with van der Waals surface area (Å²) in [6.45, 7) is 2.61. The largest absolute Gasteiger partial charge is 0.340 e. The molecule has 0 aliphatic rings. The van der Waals surface area contributed by atoms with Crippen molar-refractivity contribution in [3.05, 3.63) is 46.3 Å². The number of hydrogen-bond acceptors (Lipinski definition) is 4. The monoisotopic (exact) mass is 306 g/mol. The summed E-state index contributed by atoms with van der Waals surface area (Å²) in [5, 5.41) is 3.25. The molecule has 0 radical (unpaired) electrons. The Hall–Kier alpha value is -1.46. The number of nitrogens with zero attached hydrogens (tertiary/aromatic N) is 2. The molecule has 0 aliphatic carbocycles. The number of halogens is 1. The third-order valence-corrected chi connectivity index (χ3v) is 3.37. The minimum Gasteiger partial charge on any atom is -0.340 e. The minimum atomic E-state index is 0.555. The predicted molar refractivity (Wildman–Crippen MR) is 77.0 cm³/mol. The van der Waals surface area contributed by atoms with Crippen LogP contribution in [0, 0.1) is 6.92 Å². The first-order chi connectivity index (χ1) is 8.69. The molecule has 4 nitrogen and oxygen atoms in total. The van der Waals surface area contributed by atoms with Crippen LogP contribution in [0.5, 0.6) is 0 Å². The molecule has 18 heavy (non-hydrogen) atoms. The maximum absolute atomic E-state index is 5.49. The molecule has 5 heteroatoms. The first kappa shape index (κ1) is 13.0. The molecule has 0 bridgehead atoms. The van der Waals surface area contributed by atoms with Gasteiger partial charge in [-0.15, -0.1) is 0 Å². The van der Waals surface area contributed by atoms with E-state index in [-0.39, 0.29) is 0 Å². The van der Waals surface area contributed by atoms with Crippen molar-refractivity contribution >= 4 is 27.4 Å². The van der Waals surface area contributed by atoms with Crippen molar-refractivity contribution < 1.29 is 0 Å². The first-order valence-electron chi connectivity index (χ1n) is 5.74. The van der Waals surface area contributed by atoms with E-state index in [4.69, 9.17) is 5.73 Å². The average molecular weight is 307 g/mol. The summed E-state index contributed by atoms with van der Waals surface area (Å²) in [6, 6.07) is 7.94. The highest BCUT2D eigenvalue weighted by atomic mass is 79.9. The molecule has 0 unspecified atom stereocenters. The molecule has 1 aromatic carbocycles. The van der Waals surface area contributed by atoms with E-state index in [9.17, 15) is 0 Å². The zero-order valence-corrected chi connectivity index (χ0v) is 11.7. The van der Waals surface area contributed by atoms with Crippen LogP contribution in [0.4, 0.5) is 11.5 Å². The van der Waals surface area contributed by atoms with Crippen molar-refractivity contribution in [2.24, 2.45) is 5.73 Å². The third-order valence-electron chi connectivity index (χ3n) is 2.52. The molecule has 1 heterocycles. The number of rotatable bonds is 4. The Morgan fingerprint density at radius 3 is 2.89 bits per heavy atom. The smallest absolute Gasteiger partial charge is 0.134 e. The predicted octanol–water partition coefficient (Wildman–Crippen LogP) is 2.79. The molecule has 0 spiro atoms. The van der Waals surface area contributed by atoms with E-state index in [1.165, 1.54) is 5.56 Å². The lowest BCUT2D eigenvalue weighted by Crippen LogP contribution is -2.07. The van der Waals surface area contributed by atoms with E-state index in [1.807, 2.05) is 18.2 Å². The number of nitrogens with two attached hydrogens (primary N) is 1. The summed E-state index contributed by atoms with van der Waals surface area (Å²) in [5.74, 6) is 1.54. The summed E-state index contributed by atoms with van der Waals surface area (Å²) in [5.41, 5.74) is 7.68. The SMILES string of the molecule is Cc1ccc(Nc2ccnc(CCN)n2)cc1Br. The lowest BCUT2D eigenvalue weighted by Gasteiger charge is -2.08. The Bertz CT molecular complexity index is 542. The molecule has 0 amide bonds. The number of benzene rings is 1. The Kier molecular flexibility index (Phi) is 4.28. The fraction of sp³-hybridized carbons (Fsp3) is 0.231. The third kappa shape index (κ3) is 3.27. The highest BCUT2D eigenvalue weighted by Crippen LogP contribution is 2.22. The van der Waals surface area contributed by atoms with Crippen LogP contribution in [0.15, 0.2) is 34.9 Å². The molecule has 0 atom stereocenters. The highest BCUT2D eigenvalue weighted by molar-refractivity contribution is 9.10. The van der Waals surface area contributed by atoms with Gasteiger partial charge in [-0.3, -0.25) is 0 Å². The van der Waals surface area contributed by atoms with Gasteiger partial charge in [-0.1, -0.05) is 22.0 Å². The molecule has 2 rings (SSSR count). The van der Waals surface area contributed by atoms with Crippen molar-refractivity contribution in [2.75, 3.05) is 11.9 Å². The molecule has 0 saturated carbocycles. The standard InChI is InChI=1S/C13H15BrN4/c1-9-2-3-10(8-11(9)14)17-13-5-7-16-12(18-13)4-6-15/h2-3,5,7-8H,4,6,15H2,1H3,(H,16,17,18). The molecule has 1 aromatic heterocycles. The fourth-order valence-electron chi connectivity index (χ4n) is 1.54. The minimum absolute atomic E-state index is 0.555. The lowest BCUT2D eigenvalue weighted by molar-refractivity contribution is 0.870. The van der Waals surface area contributed by atoms with Crippen molar-refractivity contribution in [2.45, 2.75) is 13.3 Å². The number of aryl methyl sites for hydroxylation is 1. The topological polar surface area (TPSA) is 63.8 Å². The van der Waals surface area contributed by atoms with Crippen molar-refractivity contribution in [3.63, 3.8) is 0 Å². The summed E-state index contributed by atoms with van der Waals surface area (Å²) in [7, 11) is 0. The van der Waals surface area contributed by atoms with Gasteiger partial charge in [-0.25, -0.2) is 9.97 Å². The Morgan fingerprint density at radius 1 is 1.33 bits per heavy atom. The van der Waals surface area contributed by atoms with Crippen LogP contribution in [-0.2, 0) is 6.42 Å². The van der Waals surface area contributed by atoms with Gasteiger partial charge < -0.3 is 11.1 Å². The maximum Gasteiger partial charge on any atom is 0.134 e. The van der Waals surface area contributed by atoms with E-state index < -0.39 is 0 Å². The van der Waals surface area contributed by atoms with E-state index in [1.54, 1.807) is 6.20 Å². The van der Waals surface area contributed by atoms with Gasteiger partial charge in [0.15, 0.2) is 0 Å². The summed E-state index contributed by atoms with van der Waals surface area (Å²) < 4.78 is 1.07. The van der Waals surface area contributed by atoms with E-state index >= 15 is 0 Å². The van der Waals surface area contributed by atoms with Gasteiger partial charge in [0, 0.05) is 22.8 Å². The van der Waals surface area contributed by atoms with Crippen LogP contribution in [0.3, 0.4) is 0 Å². The number of anilines is 2. The van der Waals surface area contributed by atoms with E-state index in [2.05, 4.69) is 44.2 Å². The average Bonchev–Trinajstić information content (AvgIpc) is 2.35. The normalized spacial score (nSPS) is 10.4. The summed E-state index contributed by atoms with van der Waals surface area (Å²) in [6.07, 6.45) is 2.43. The number of hydrogen-bond donors (Lipinski definition) is 2. The molecule has 0 saturated heterocycles.